The van der Waals surface area contributed by atoms with E-state index in [-0.39, 0.29) is 12.2 Å². The number of hydrogen-bond acceptors (Lipinski definition) is 7. The summed E-state index contributed by atoms with van der Waals surface area (Å²) in [6.45, 7) is 3.88. The summed E-state index contributed by atoms with van der Waals surface area (Å²) in [5.74, 6) is -2.98. The Morgan fingerprint density at radius 1 is 1.31 bits per heavy atom. The van der Waals surface area contributed by atoms with E-state index in [0.717, 1.165) is 0 Å². The highest BCUT2D eigenvalue weighted by Gasteiger charge is 2.75. The fraction of sp³-hybridized carbons (Fsp3) is 0.727. The number of alkyl halides is 1. The first-order valence-corrected chi connectivity index (χ1v) is 12.2. The third-order valence-corrected chi connectivity index (χ3v) is 9.40. The number of rotatable bonds is 4. The van der Waals surface area contributed by atoms with E-state index in [1.54, 1.807) is 20.8 Å². The van der Waals surface area contributed by atoms with Crippen molar-refractivity contribution in [3.8, 4) is 0 Å². The number of Topliss-reactive ketones (excluding diaryl/α,β-unsaturated/α-hetero) is 1. The molecule has 0 saturated heterocycles. The van der Waals surface area contributed by atoms with Crippen LogP contribution in [0.3, 0.4) is 0 Å². The molecule has 2 unspecified atom stereocenters. The van der Waals surface area contributed by atoms with Crippen molar-refractivity contribution >= 4 is 22.0 Å². The fourth-order valence-corrected chi connectivity index (χ4v) is 7.63. The molecule has 8 atom stereocenters. The molecule has 0 radical (unpaired) electrons. The van der Waals surface area contributed by atoms with Gasteiger partial charge in [0.25, 0.3) is 0 Å². The van der Waals surface area contributed by atoms with Gasteiger partial charge in [-0.05, 0) is 56.6 Å². The highest BCUT2D eigenvalue weighted by atomic mass is 32.3. The Bertz CT molecular complexity index is 1040. The molecule has 178 valence electrons. The Kier molecular flexibility index (Phi) is 5.20. The molecule has 0 aromatic rings. The van der Waals surface area contributed by atoms with Gasteiger partial charge in [0.05, 0.1) is 6.10 Å². The number of carbonyl (C=O) groups excluding carboxylic acids is 2. The van der Waals surface area contributed by atoms with Gasteiger partial charge in [-0.25, -0.2) is 8.57 Å². The second kappa shape index (κ2) is 7.02. The number of hydrogen-bond donors (Lipinski definition) is 3. The highest BCUT2D eigenvalue weighted by Crippen LogP contribution is 2.70. The first kappa shape index (κ1) is 23.7. The molecule has 3 N–H and O–H groups in total. The van der Waals surface area contributed by atoms with E-state index in [1.165, 1.54) is 18.2 Å². The SMILES string of the molecule is C[C@@H]1CC2C3CCC4=CC(=O)C=C[C@]4(C)[C@@]3(F)[C@@H](O)C[C@]2(C)[C@@]1(O)C(=O)COS(=O)(=O)O. The summed E-state index contributed by atoms with van der Waals surface area (Å²) >= 11 is 0. The predicted octanol–water partition coefficient (Wildman–Crippen LogP) is 1.72. The molecule has 3 fully saturated rings. The average Bonchev–Trinajstić information content (AvgIpc) is 2.89. The molecule has 0 bridgehead atoms. The molecule has 32 heavy (non-hydrogen) atoms. The number of aliphatic hydroxyl groups is 2. The number of allylic oxidation sites excluding steroid dienone is 4. The highest BCUT2D eigenvalue weighted by molar-refractivity contribution is 7.80. The number of ketones is 2. The lowest BCUT2D eigenvalue weighted by Crippen LogP contribution is -2.69. The molecule has 4 aliphatic carbocycles. The van der Waals surface area contributed by atoms with E-state index in [2.05, 4.69) is 4.18 Å². The van der Waals surface area contributed by atoms with E-state index >= 15 is 4.39 Å². The van der Waals surface area contributed by atoms with E-state index in [0.29, 0.717) is 24.8 Å². The zero-order chi connectivity index (χ0) is 23.9. The minimum atomic E-state index is -4.89. The molecular formula is C22H29FO8S. The molecule has 4 aliphatic rings. The summed E-state index contributed by atoms with van der Waals surface area (Å²) in [5.41, 5.74) is -5.97. The van der Waals surface area contributed by atoms with Gasteiger partial charge in [0, 0.05) is 16.7 Å². The van der Waals surface area contributed by atoms with Crippen molar-refractivity contribution in [2.24, 2.45) is 28.6 Å². The topological polar surface area (TPSA) is 138 Å². The van der Waals surface area contributed by atoms with Crippen LogP contribution in [0.1, 0.15) is 46.5 Å². The van der Waals surface area contributed by atoms with Crippen molar-refractivity contribution in [3.63, 3.8) is 0 Å². The zero-order valence-electron chi connectivity index (χ0n) is 18.2. The van der Waals surface area contributed by atoms with E-state index < -0.39 is 68.7 Å². The van der Waals surface area contributed by atoms with Crippen molar-refractivity contribution < 1.29 is 41.3 Å². The lowest BCUT2D eigenvalue weighted by atomic mass is 9.44. The molecule has 0 spiro atoms. The molecule has 4 rings (SSSR count). The number of fused-ring (bicyclic) bond motifs is 5. The van der Waals surface area contributed by atoms with Crippen LogP contribution < -0.4 is 0 Å². The summed E-state index contributed by atoms with van der Waals surface area (Å²) in [4.78, 5) is 24.9. The Morgan fingerprint density at radius 3 is 2.59 bits per heavy atom. The maximum atomic E-state index is 17.0. The van der Waals surface area contributed by atoms with Crippen LogP contribution >= 0.6 is 0 Å². The Balaban J connectivity index is 1.75. The van der Waals surface area contributed by atoms with Gasteiger partial charge in [0.2, 0.25) is 0 Å². The molecule has 0 aromatic heterocycles. The molecule has 0 heterocycles. The maximum Gasteiger partial charge on any atom is 0.397 e. The summed E-state index contributed by atoms with van der Waals surface area (Å²) < 4.78 is 51.9. The number of halogens is 1. The van der Waals surface area contributed by atoms with Crippen molar-refractivity contribution in [1.29, 1.82) is 0 Å². The van der Waals surface area contributed by atoms with Gasteiger partial charge in [0.1, 0.15) is 12.2 Å². The average molecular weight is 473 g/mol. The predicted molar refractivity (Wildman–Crippen MR) is 110 cm³/mol. The number of aliphatic hydroxyl groups excluding tert-OH is 1. The summed E-state index contributed by atoms with van der Waals surface area (Å²) in [6.07, 6.45) is 3.60. The second-order valence-corrected chi connectivity index (χ2v) is 11.4. The third-order valence-electron chi connectivity index (χ3n) is 8.99. The van der Waals surface area contributed by atoms with Gasteiger partial charge in [-0.3, -0.25) is 14.1 Å². The van der Waals surface area contributed by atoms with E-state index in [1.807, 2.05) is 0 Å². The van der Waals surface area contributed by atoms with Crippen LogP contribution in [0.2, 0.25) is 0 Å². The monoisotopic (exact) mass is 472 g/mol. The Hall–Kier alpha value is -1.46. The van der Waals surface area contributed by atoms with Crippen LogP contribution in [0.4, 0.5) is 4.39 Å². The van der Waals surface area contributed by atoms with Crippen LogP contribution in [0.25, 0.3) is 0 Å². The normalized spacial score (nSPS) is 48.0. The van der Waals surface area contributed by atoms with Gasteiger partial charge >= 0.3 is 10.4 Å². The molecule has 0 amide bonds. The van der Waals surface area contributed by atoms with E-state index in [9.17, 15) is 28.2 Å². The maximum absolute atomic E-state index is 17.0. The summed E-state index contributed by atoms with van der Waals surface area (Å²) in [7, 11) is -4.89. The van der Waals surface area contributed by atoms with Gasteiger partial charge < -0.3 is 10.2 Å². The van der Waals surface area contributed by atoms with E-state index in [4.69, 9.17) is 4.55 Å². The molecule has 3 saturated carbocycles. The third kappa shape index (κ3) is 2.89. The van der Waals surface area contributed by atoms with Crippen LogP contribution in [0.15, 0.2) is 23.8 Å². The van der Waals surface area contributed by atoms with Crippen molar-refractivity contribution in [1.82, 2.24) is 0 Å². The quantitative estimate of drug-likeness (QED) is 0.526. The Labute approximate surface area is 186 Å². The smallest absolute Gasteiger partial charge is 0.390 e. The molecule has 10 heteroatoms. The lowest BCUT2D eigenvalue weighted by Gasteiger charge is -2.62. The molecule has 0 aromatic carbocycles. The number of carbonyl (C=O) groups is 2. The van der Waals surface area contributed by atoms with Crippen molar-refractivity contribution in [2.45, 2.75) is 63.8 Å². The first-order chi connectivity index (χ1) is 14.6. The van der Waals surface area contributed by atoms with Crippen LogP contribution in [0, 0.1) is 28.6 Å². The second-order valence-electron chi connectivity index (χ2n) is 10.3. The van der Waals surface area contributed by atoms with Gasteiger partial charge in [-0.2, -0.15) is 8.42 Å². The Morgan fingerprint density at radius 2 is 1.97 bits per heavy atom. The first-order valence-electron chi connectivity index (χ1n) is 10.8. The minimum Gasteiger partial charge on any atom is -0.390 e. The van der Waals surface area contributed by atoms with Gasteiger partial charge in [0.15, 0.2) is 17.2 Å². The largest absolute Gasteiger partial charge is 0.397 e. The van der Waals surface area contributed by atoms with Gasteiger partial charge in [-0.1, -0.05) is 25.5 Å². The molecule has 0 aliphatic heterocycles. The lowest BCUT2D eigenvalue weighted by molar-refractivity contribution is -0.219. The molecular weight excluding hydrogens is 443 g/mol. The van der Waals surface area contributed by atoms with Crippen molar-refractivity contribution in [3.05, 3.63) is 23.8 Å². The summed E-state index contributed by atoms with van der Waals surface area (Å²) in [6, 6.07) is 0. The van der Waals surface area contributed by atoms with Crippen molar-refractivity contribution in [2.75, 3.05) is 6.61 Å². The fourth-order valence-electron chi connectivity index (χ4n) is 7.38. The molecule has 8 nitrogen and oxygen atoms in total. The van der Waals surface area contributed by atoms with Crippen LogP contribution in [0.5, 0.6) is 0 Å². The van der Waals surface area contributed by atoms with Crippen LogP contribution in [-0.2, 0) is 24.2 Å². The van der Waals surface area contributed by atoms with Crippen LogP contribution in [-0.4, -0.2) is 58.7 Å². The summed E-state index contributed by atoms with van der Waals surface area (Å²) in [5, 5.41) is 22.8. The zero-order valence-corrected chi connectivity index (χ0v) is 19.1. The minimum absolute atomic E-state index is 0.219. The van der Waals surface area contributed by atoms with Gasteiger partial charge in [-0.15, -0.1) is 0 Å². The standard InChI is InChI=1S/C22H29FO8S/c1-12-8-16-15-5-4-13-9-14(24)6-7-19(13,2)21(15,23)17(25)10-20(16,3)22(12,27)18(26)11-31-32(28,29)30/h6-7,9,12,15-17,25,27H,4-5,8,10-11H2,1-3H3,(H,28,29,30)/t12-,15?,16?,17+,19+,20+,21+,22+/m1/s1.